The predicted molar refractivity (Wildman–Crippen MR) is 64.5 cm³/mol. The maximum Gasteiger partial charge on any atom is 0.142 e. The molecule has 0 heterocycles. The van der Waals surface area contributed by atoms with E-state index in [-0.39, 0.29) is 10.8 Å². The Kier molecular flexibility index (Phi) is 6.38. The number of rotatable bonds is 7. The summed E-state index contributed by atoms with van der Waals surface area (Å²) in [6.07, 6.45) is 1.73. The van der Waals surface area contributed by atoms with Crippen molar-refractivity contribution in [2.45, 2.75) is 12.8 Å². The Morgan fingerprint density at radius 3 is 2.94 bits per heavy atom. The molecule has 0 fully saturated rings. The molecule has 4 heteroatoms. The number of methoxy groups -OCH3 is 1. The fraction of sp³-hybridized carbons (Fsp3) is 0.500. The van der Waals surface area contributed by atoms with Crippen LogP contribution in [0.1, 0.15) is 12.0 Å². The van der Waals surface area contributed by atoms with Crippen LogP contribution < -0.4 is 5.32 Å². The lowest BCUT2D eigenvalue weighted by atomic mass is 10.1. The molecule has 0 aliphatic carbocycles. The first-order valence-corrected chi connectivity index (χ1v) is 5.76. The normalized spacial score (nSPS) is 10.7. The van der Waals surface area contributed by atoms with Gasteiger partial charge in [-0.25, -0.2) is 4.39 Å². The van der Waals surface area contributed by atoms with Crippen LogP contribution in [-0.4, -0.2) is 26.8 Å². The summed E-state index contributed by atoms with van der Waals surface area (Å²) in [7, 11) is 1.67. The zero-order chi connectivity index (χ0) is 11.8. The van der Waals surface area contributed by atoms with E-state index in [4.69, 9.17) is 16.3 Å². The van der Waals surface area contributed by atoms with E-state index in [0.717, 1.165) is 31.5 Å². The van der Waals surface area contributed by atoms with E-state index >= 15 is 0 Å². The van der Waals surface area contributed by atoms with Gasteiger partial charge in [0.2, 0.25) is 0 Å². The summed E-state index contributed by atoms with van der Waals surface area (Å²) in [6.45, 7) is 2.43. The Morgan fingerprint density at radius 2 is 2.19 bits per heavy atom. The first-order chi connectivity index (χ1) is 7.75. The molecule has 1 aromatic carbocycles. The second-order valence-corrected chi connectivity index (χ2v) is 3.94. The predicted octanol–water partition coefficient (Wildman–Crippen LogP) is 2.65. The number of halogens is 2. The van der Waals surface area contributed by atoms with Gasteiger partial charge in [-0.3, -0.25) is 0 Å². The standard InChI is InChI=1S/C12H17ClFNO/c1-16-9-8-15-7-3-5-10-4-2-6-11(14)12(10)13/h2,4,6,15H,3,5,7-9H2,1H3. The summed E-state index contributed by atoms with van der Waals surface area (Å²) in [4.78, 5) is 0. The maximum atomic E-state index is 13.1. The van der Waals surface area contributed by atoms with Gasteiger partial charge in [0.1, 0.15) is 5.82 Å². The quantitative estimate of drug-likeness (QED) is 0.746. The third-order valence-electron chi connectivity index (χ3n) is 2.31. The van der Waals surface area contributed by atoms with Crippen LogP contribution in [-0.2, 0) is 11.2 Å². The van der Waals surface area contributed by atoms with Gasteiger partial charge in [-0.2, -0.15) is 0 Å². The number of aryl methyl sites for hydroxylation is 1. The van der Waals surface area contributed by atoms with Crippen molar-refractivity contribution in [3.8, 4) is 0 Å². The van der Waals surface area contributed by atoms with Gasteiger partial charge in [-0.05, 0) is 31.0 Å². The van der Waals surface area contributed by atoms with Gasteiger partial charge in [0.05, 0.1) is 11.6 Å². The van der Waals surface area contributed by atoms with Crippen molar-refractivity contribution in [2.75, 3.05) is 26.8 Å². The Balaban J connectivity index is 2.24. The first-order valence-electron chi connectivity index (χ1n) is 5.38. The van der Waals surface area contributed by atoms with E-state index in [9.17, 15) is 4.39 Å². The summed E-state index contributed by atoms with van der Waals surface area (Å²) in [6, 6.07) is 4.93. The molecular weight excluding hydrogens is 229 g/mol. The molecule has 0 aromatic heterocycles. The van der Waals surface area contributed by atoms with Gasteiger partial charge in [0.25, 0.3) is 0 Å². The molecule has 0 radical (unpaired) electrons. The second-order valence-electron chi connectivity index (χ2n) is 3.56. The summed E-state index contributed by atoms with van der Waals surface area (Å²) in [5, 5.41) is 3.48. The fourth-order valence-corrected chi connectivity index (χ4v) is 1.67. The molecule has 1 N–H and O–H groups in total. The van der Waals surface area contributed by atoms with Gasteiger partial charge in [0.15, 0.2) is 0 Å². The molecule has 0 bridgehead atoms. The molecule has 0 aliphatic heterocycles. The van der Waals surface area contributed by atoms with Crippen LogP contribution in [0.25, 0.3) is 0 Å². The second kappa shape index (κ2) is 7.60. The average Bonchev–Trinajstić information content (AvgIpc) is 2.29. The highest BCUT2D eigenvalue weighted by Crippen LogP contribution is 2.20. The number of hydrogen-bond donors (Lipinski definition) is 1. The van der Waals surface area contributed by atoms with Crippen LogP contribution in [0.5, 0.6) is 0 Å². The van der Waals surface area contributed by atoms with Gasteiger partial charge in [-0.15, -0.1) is 0 Å². The number of nitrogens with one attached hydrogen (secondary N) is 1. The van der Waals surface area contributed by atoms with E-state index in [1.807, 2.05) is 6.07 Å². The largest absolute Gasteiger partial charge is 0.383 e. The zero-order valence-corrected chi connectivity index (χ0v) is 10.2. The molecule has 1 aromatic rings. The zero-order valence-electron chi connectivity index (χ0n) is 9.43. The molecule has 0 saturated heterocycles. The van der Waals surface area contributed by atoms with Crippen LogP contribution in [0, 0.1) is 5.82 Å². The number of benzene rings is 1. The molecule has 0 amide bonds. The highest BCUT2D eigenvalue weighted by atomic mass is 35.5. The molecule has 0 unspecified atom stereocenters. The summed E-state index contributed by atoms with van der Waals surface area (Å²) < 4.78 is 18.0. The average molecular weight is 246 g/mol. The van der Waals surface area contributed by atoms with E-state index in [1.54, 1.807) is 13.2 Å². The van der Waals surface area contributed by atoms with Crippen LogP contribution in [0.3, 0.4) is 0 Å². The molecule has 2 nitrogen and oxygen atoms in total. The van der Waals surface area contributed by atoms with Crippen molar-refractivity contribution in [3.05, 3.63) is 34.6 Å². The van der Waals surface area contributed by atoms with Gasteiger partial charge in [0, 0.05) is 13.7 Å². The molecule has 0 saturated carbocycles. The number of hydrogen-bond acceptors (Lipinski definition) is 2. The Labute approximate surface area is 101 Å². The Bertz CT molecular complexity index is 320. The summed E-state index contributed by atoms with van der Waals surface area (Å²) in [5.74, 6) is -0.341. The Hall–Kier alpha value is -0.640. The van der Waals surface area contributed by atoms with Gasteiger partial charge < -0.3 is 10.1 Å². The lowest BCUT2D eigenvalue weighted by molar-refractivity contribution is 0.199. The minimum absolute atomic E-state index is 0.249. The van der Waals surface area contributed by atoms with Crippen LogP contribution >= 0.6 is 11.6 Å². The smallest absolute Gasteiger partial charge is 0.142 e. The molecule has 0 spiro atoms. The van der Waals surface area contributed by atoms with Crippen molar-refractivity contribution in [1.29, 1.82) is 0 Å². The van der Waals surface area contributed by atoms with E-state index < -0.39 is 0 Å². The van der Waals surface area contributed by atoms with Crippen molar-refractivity contribution in [1.82, 2.24) is 5.32 Å². The van der Waals surface area contributed by atoms with Crippen LogP contribution in [0.15, 0.2) is 18.2 Å². The van der Waals surface area contributed by atoms with E-state index in [2.05, 4.69) is 5.32 Å². The minimum Gasteiger partial charge on any atom is -0.383 e. The third kappa shape index (κ3) is 4.47. The highest BCUT2D eigenvalue weighted by molar-refractivity contribution is 6.31. The van der Waals surface area contributed by atoms with Crippen molar-refractivity contribution >= 4 is 11.6 Å². The molecule has 0 atom stereocenters. The molecule has 16 heavy (non-hydrogen) atoms. The molecule has 1 rings (SSSR count). The lowest BCUT2D eigenvalue weighted by Gasteiger charge is -2.06. The molecule has 90 valence electrons. The van der Waals surface area contributed by atoms with Gasteiger partial charge >= 0.3 is 0 Å². The Morgan fingerprint density at radius 1 is 1.38 bits per heavy atom. The lowest BCUT2D eigenvalue weighted by Crippen LogP contribution is -2.20. The fourth-order valence-electron chi connectivity index (χ4n) is 1.44. The molecule has 0 aliphatic rings. The summed E-state index contributed by atoms with van der Waals surface area (Å²) >= 11 is 5.84. The highest BCUT2D eigenvalue weighted by Gasteiger charge is 2.04. The van der Waals surface area contributed by atoms with Gasteiger partial charge in [-0.1, -0.05) is 23.7 Å². The van der Waals surface area contributed by atoms with E-state index in [0.29, 0.717) is 6.61 Å². The monoisotopic (exact) mass is 245 g/mol. The minimum atomic E-state index is -0.341. The van der Waals surface area contributed by atoms with Crippen LogP contribution in [0.2, 0.25) is 5.02 Å². The first kappa shape index (κ1) is 13.4. The summed E-state index contributed by atoms with van der Waals surface area (Å²) in [5.41, 5.74) is 0.871. The van der Waals surface area contributed by atoms with Crippen LogP contribution in [0.4, 0.5) is 4.39 Å². The number of ether oxygens (including phenoxy) is 1. The van der Waals surface area contributed by atoms with Crippen molar-refractivity contribution in [3.63, 3.8) is 0 Å². The topological polar surface area (TPSA) is 21.3 Å². The van der Waals surface area contributed by atoms with E-state index in [1.165, 1.54) is 6.07 Å². The SMILES string of the molecule is COCCNCCCc1cccc(F)c1Cl. The maximum absolute atomic E-state index is 13.1. The van der Waals surface area contributed by atoms with Crippen molar-refractivity contribution in [2.24, 2.45) is 0 Å². The third-order valence-corrected chi connectivity index (χ3v) is 2.74. The molecular formula is C12H17ClFNO. The van der Waals surface area contributed by atoms with Crippen molar-refractivity contribution < 1.29 is 9.13 Å².